The summed E-state index contributed by atoms with van der Waals surface area (Å²) < 4.78 is 12.4. The van der Waals surface area contributed by atoms with E-state index in [-0.39, 0.29) is 23.5 Å². The number of Topliss-reactive ketones (excluding diaryl/α,β-unsaturated/α-hetero) is 1. The summed E-state index contributed by atoms with van der Waals surface area (Å²) in [5.41, 5.74) is 4.82. The highest BCUT2D eigenvalue weighted by Crippen LogP contribution is 2.18. The van der Waals surface area contributed by atoms with Crippen LogP contribution < -0.4 is 22.3 Å². The smallest absolute Gasteiger partial charge is 0.340 e. The van der Waals surface area contributed by atoms with Crippen molar-refractivity contribution in [3.05, 3.63) is 80.4 Å². The minimum Gasteiger partial charge on any atom is -0.467 e. The number of carbonyl (C=O) groups excluding carboxylic acids is 2. The van der Waals surface area contributed by atoms with Crippen molar-refractivity contribution in [2.45, 2.75) is 26.4 Å². The fraction of sp³-hybridized carbons (Fsp3) is 0.273. The molecule has 32 heavy (non-hydrogen) atoms. The standard InChI is InChI=1S/C22H24N4O6/c1-3-10-26-19(23)18(20(28)25(2)22(26)30)17(27)13-32-21(29)15-8-4-5-9-16(15)24-12-14-7-6-11-31-14/h4-9,11,24H,3,10,12-13,23H2,1-2H3. The Hall–Kier alpha value is -4.08. The fourth-order valence-corrected chi connectivity index (χ4v) is 3.18. The van der Waals surface area contributed by atoms with Gasteiger partial charge in [0.2, 0.25) is 5.78 Å². The summed E-state index contributed by atoms with van der Waals surface area (Å²) in [6, 6.07) is 10.2. The van der Waals surface area contributed by atoms with Gasteiger partial charge in [0, 0.05) is 19.3 Å². The van der Waals surface area contributed by atoms with E-state index in [1.807, 2.05) is 6.92 Å². The van der Waals surface area contributed by atoms with Gasteiger partial charge in [-0.05, 0) is 30.7 Å². The molecule has 0 bridgehead atoms. The number of nitrogens with zero attached hydrogens (tertiary/aromatic N) is 2. The molecule has 0 unspecified atom stereocenters. The molecule has 0 aliphatic rings. The van der Waals surface area contributed by atoms with Gasteiger partial charge in [-0.2, -0.15) is 0 Å². The maximum atomic E-state index is 12.7. The van der Waals surface area contributed by atoms with Crippen molar-refractivity contribution >= 4 is 23.3 Å². The highest BCUT2D eigenvalue weighted by Gasteiger charge is 2.23. The lowest BCUT2D eigenvalue weighted by atomic mass is 10.1. The molecule has 2 aromatic heterocycles. The van der Waals surface area contributed by atoms with E-state index in [4.69, 9.17) is 14.9 Å². The molecule has 3 rings (SSSR count). The third-order valence-corrected chi connectivity index (χ3v) is 4.82. The minimum absolute atomic E-state index is 0.212. The summed E-state index contributed by atoms with van der Waals surface area (Å²) in [6.45, 7) is 1.72. The van der Waals surface area contributed by atoms with Crippen LogP contribution in [0.25, 0.3) is 0 Å². The summed E-state index contributed by atoms with van der Waals surface area (Å²) in [5.74, 6) is -1.10. The third kappa shape index (κ3) is 4.64. The van der Waals surface area contributed by atoms with Crippen LogP contribution in [0.3, 0.4) is 0 Å². The van der Waals surface area contributed by atoms with Gasteiger partial charge in [-0.1, -0.05) is 19.1 Å². The molecule has 1 aromatic carbocycles. The molecule has 0 saturated heterocycles. The molecule has 2 heterocycles. The number of hydrogen-bond donors (Lipinski definition) is 2. The summed E-state index contributed by atoms with van der Waals surface area (Å²) in [7, 11) is 1.26. The van der Waals surface area contributed by atoms with E-state index in [1.54, 1.807) is 42.7 Å². The number of nitrogens with one attached hydrogen (secondary N) is 1. The molecule has 0 aliphatic heterocycles. The van der Waals surface area contributed by atoms with Crippen LogP contribution in [0, 0.1) is 0 Å². The van der Waals surface area contributed by atoms with E-state index in [1.165, 1.54) is 7.05 Å². The van der Waals surface area contributed by atoms with Crippen molar-refractivity contribution in [3.8, 4) is 0 Å². The average Bonchev–Trinajstić information content (AvgIpc) is 3.31. The van der Waals surface area contributed by atoms with E-state index in [0.717, 1.165) is 9.13 Å². The van der Waals surface area contributed by atoms with Crippen molar-refractivity contribution in [1.29, 1.82) is 0 Å². The Morgan fingerprint density at radius 1 is 1.16 bits per heavy atom. The van der Waals surface area contributed by atoms with Gasteiger partial charge in [-0.25, -0.2) is 9.59 Å². The Balaban J connectivity index is 1.77. The molecular formula is C22H24N4O6. The zero-order chi connectivity index (χ0) is 23.3. The first-order chi connectivity index (χ1) is 15.3. The van der Waals surface area contributed by atoms with E-state index in [9.17, 15) is 19.2 Å². The second-order valence-corrected chi connectivity index (χ2v) is 7.04. The molecule has 0 atom stereocenters. The Labute approximate surface area is 183 Å². The van der Waals surface area contributed by atoms with Crippen LogP contribution in [0.2, 0.25) is 0 Å². The van der Waals surface area contributed by atoms with Crippen LogP contribution in [0.15, 0.2) is 56.7 Å². The van der Waals surface area contributed by atoms with Gasteiger partial charge in [0.15, 0.2) is 6.61 Å². The van der Waals surface area contributed by atoms with Gasteiger partial charge in [-0.3, -0.25) is 18.7 Å². The van der Waals surface area contributed by atoms with Gasteiger partial charge in [0.05, 0.1) is 18.4 Å². The van der Waals surface area contributed by atoms with Crippen LogP contribution >= 0.6 is 0 Å². The number of ether oxygens (including phenoxy) is 1. The number of para-hydroxylation sites is 1. The van der Waals surface area contributed by atoms with Gasteiger partial charge >= 0.3 is 11.7 Å². The van der Waals surface area contributed by atoms with Gasteiger partial charge in [-0.15, -0.1) is 0 Å². The maximum absolute atomic E-state index is 12.7. The van der Waals surface area contributed by atoms with Crippen molar-refractivity contribution in [3.63, 3.8) is 0 Å². The zero-order valence-corrected chi connectivity index (χ0v) is 17.8. The number of anilines is 2. The van der Waals surface area contributed by atoms with Crippen LogP contribution in [0.4, 0.5) is 11.5 Å². The SMILES string of the molecule is CCCn1c(N)c(C(=O)COC(=O)c2ccccc2NCc2ccco2)c(=O)n(C)c1=O. The maximum Gasteiger partial charge on any atom is 0.340 e. The summed E-state index contributed by atoms with van der Waals surface area (Å²) >= 11 is 0. The average molecular weight is 440 g/mol. The molecule has 0 spiro atoms. The van der Waals surface area contributed by atoms with Crippen molar-refractivity contribution < 1.29 is 18.7 Å². The van der Waals surface area contributed by atoms with E-state index >= 15 is 0 Å². The number of benzene rings is 1. The summed E-state index contributed by atoms with van der Waals surface area (Å²) in [5, 5.41) is 3.08. The normalized spacial score (nSPS) is 10.7. The van der Waals surface area contributed by atoms with Crippen LogP contribution in [-0.4, -0.2) is 27.5 Å². The molecule has 0 aliphatic carbocycles. The van der Waals surface area contributed by atoms with Crippen molar-refractivity contribution in [1.82, 2.24) is 9.13 Å². The Kier molecular flexibility index (Phi) is 6.93. The highest BCUT2D eigenvalue weighted by molar-refractivity contribution is 6.03. The lowest BCUT2D eigenvalue weighted by Crippen LogP contribution is -2.43. The van der Waals surface area contributed by atoms with Crippen LogP contribution in [-0.2, 0) is 24.9 Å². The van der Waals surface area contributed by atoms with Crippen molar-refractivity contribution in [2.75, 3.05) is 17.7 Å². The van der Waals surface area contributed by atoms with Gasteiger partial charge < -0.3 is 20.2 Å². The first kappa shape index (κ1) is 22.6. The molecule has 0 radical (unpaired) electrons. The zero-order valence-electron chi connectivity index (χ0n) is 17.8. The van der Waals surface area contributed by atoms with Gasteiger partial charge in [0.25, 0.3) is 5.56 Å². The quantitative estimate of drug-likeness (QED) is 0.379. The van der Waals surface area contributed by atoms with Crippen LogP contribution in [0.1, 0.15) is 39.8 Å². The number of esters is 1. The second-order valence-electron chi connectivity index (χ2n) is 7.04. The number of furan rings is 1. The molecule has 168 valence electrons. The Morgan fingerprint density at radius 2 is 1.91 bits per heavy atom. The number of hydrogen-bond acceptors (Lipinski definition) is 8. The summed E-state index contributed by atoms with van der Waals surface area (Å²) in [4.78, 5) is 50.0. The van der Waals surface area contributed by atoms with E-state index in [0.29, 0.717) is 24.4 Å². The number of aromatic nitrogens is 2. The number of carbonyl (C=O) groups is 2. The second kappa shape index (κ2) is 9.82. The number of nitrogen functional groups attached to an aromatic ring is 1. The highest BCUT2D eigenvalue weighted by atomic mass is 16.5. The molecule has 3 N–H and O–H groups in total. The Bertz CT molecular complexity index is 1240. The monoisotopic (exact) mass is 440 g/mol. The number of nitrogens with two attached hydrogens (primary N) is 1. The molecule has 10 heteroatoms. The molecule has 0 fully saturated rings. The van der Waals surface area contributed by atoms with E-state index in [2.05, 4.69) is 5.32 Å². The molecule has 0 saturated carbocycles. The molecule has 10 nitrogen and oxygen atoms in total. The molecule has 3 aromatic rings. The minimum atomic E-state index is -0.832. The lowest BCUT2D eigenvalue weighted by molar-refractivity contribution is 0.0475. The van der Waals surface area contributed by atoms with Crippen molar-refractivity contribution in [2.24, 2.45) is 7.05 Å². The fourth-order valence-electron chi connectivity index (χ4n) is 3.18. The van der Waals surface area contributed by atoms with E-state index < -0.39 is 29.6 Å². The van der Waals surface area contributed by atoms with Gasteiger partial charge in [0.1, 0.15) is 17.1 Å². The van der Waals surface area contributed by atoms with Crippen LogP contribution in [0.5, 0.6) is 0 Å². The topological polar surface area (TPSA) is 139 Å². The molecule has 0 amide bonds. The first-order valence-electron chi connectivity index (χ1n) is 10.00. The number of rotatable bonds is 9. The largest absolute Gasteiger partial charge is 0.467 e. The number of ketones is 1. The third-order valence-electron chi connectivity index (χ3n) is 4.82. The molecular weight excluding hydrogens is 416 g/mol. The summed E-state index contributed by atoms with van der Waals surface area (Å²) in [6.07, 6.45) is 2.12. The lowest BCUT2D eigenvalue weighted by Gasteiger charge is -2.14. The Morgan fingerprint density at radius 3 is 2.59 bits per heavy atom. The predicted octanol–water partition coefficient (Wildman–Crippen LogP) is 1.78. The predicted molar refractivity (Wildman–Crippen MR) is 118 cm³/mol. The first-order valence-corrected chi connectivity index (χ1v) is 10.00.